The van der Waals surface area contributed by atoms with Gasteiger partial charge >= 0.3 is 19.8 Å². The molecule has 0 aliphatic heterocycles. The molecule has 0 aromatic carbocycles. The van der Waals surface area contributed by atoms with Gasteiger partial charge in [-0.05, 0) is 135 Å². The highest BCUT2D eigenvalue weighted by atomic mass is 31.2. The van der Waals surface area contributed by atoms with E-state index in [1.165, 1.54) is 167 Å². The number of allylic oxidation sites excluding steroid dienone is 30. The smallest absolute Gasteiger partial charge is 0.462 e. The summed E-state index contributed by atoms with van der Waals surface area (Å²) in [4.78, 5) is 35.5. The van der Waals surface area contributed by atoms with Crippen molar-refractivity contribution in [2.45, 2.75) is 341 Å². The number of esters is 2. The van der Waals surface area contributed by atoms with E-state index in [1.807, 2.05) is 0 Å². The number of nitrogens with two attached hydrogens (primary N) is 1. The van der Waals surface area contributed by atoms with Crippen LogP contribution in [0.4, 0.5) is 0 Å². The number of rotatable bonds is 74. The van der Waals surface area contributed by atoms with Gasteiger partial charge in [-0.15, -0.1) is 0 Å². The standard InChI is InChI=1S/C89H148NO8P/c1-3-5-7-9-11-13-15-17-19-21-23-25-27-29-31-33-35-37-39-41-43-45-47-49-51-53-55-57-59-61-63-65-67-69-71-73-75-77-79-81-88(91)95-85-87(86-97-99(93,94)96-84-83-90)98-89(92)82-80-78-76-74-72-70-68-66-64-62-60-58-56-54-52-50-48-46-44-42-40-38-36-34-32-30-28-26-24-22-20-18-16-14-12-10-8-6-4-2/h5-8,11-14,17-20,23-26,29-32,35-38,41-44,48,50,87H,3-4,9-10,15-16,21-22,27-28,33-34,39-40,45-47,49,51-86,90H2,1-2H3,(H,93,94)/b7-5-,8-6-,13-11-,14-12-,19-17-,20-18-,25-23-,26-24-,31-29-,32-30-,37-35-,38-36-,43-41-,44-42-,50-48-. The molecule has 562 valence electrons. The number of hydrogen-bond donors (Lipinski definition) is 2. The highest BCUT2D eigenvalue weighted by molar-refractivity contribution is 7.47. The second-order valence-electron chi connectivity index (χ2n) is 26.2. The van der Waals surface area contributed by atoms with Gasteiger partial charge in [-0.3, -0.25) is 18.6 Å². The minimum atomic E-state index is -4.41. The summed E-state index contributed by atoms with van der Waals surface area (Å²) in [7, 11) is -4.41. The van der Waals surface area contributed by atoms with Crippen LogP contribution in [-0.4, -0.2) is 49.3 Å². The minimum Gasteiger partial charge on any atom is -0.462 e. The number of carbonyl (C=O) groups excluding carboxylic acids is 2. The largest absolute Gasteiger partial charge is 0.472 e. The second-order valence-corrected chi connectivity index (χ2v) is 27.6. The normalized spacial score (nSPS) is 13.9. The number of hydrogen-bond acceptors (Lipinski definition) is 8. The van der Waals surface area contributed by atoms with Crippen LogP contribution >= 0.6 is 7.82 Å². The van der Waals surface area contributed by atoms with Gasteiger partial charge in [0.05, 0.1) is 13.2 Å². The average molecular weight is 1390 g/mol. The molecule has 0 saturated heterocycles. The summed E-state index contributed by atoms with van der Waals surface area (Å²) >= 11 is 0. The Morgan fingerprint density at radius 2 is 0.525 bits per heavy atom. The van der Waals surface area contributed by atoms with Crippen LogP contribution in [0.2, 0.25) is 0 Å². The van der Waals surface area contributed by atoms with E-state index in [9.17, 15) is 19.0 Å². The molecule has 0 fully saturated rings. The maximum Gasteiger partial charge on any atom is 0.472 e. The van der Waals surface area contributed by atoms with Gasteiger partial charge in [0.1, 0.15) is 6.61 Å². The van der Waals surface area contributed by atoms with E-state index in [0.29, 0.717) is 6.42 Å². The predicted octanol–water partition coefficient (Wildman–Crippen LogP) is 27.4. The molecule has 0 radical (unpaired) electrons. The molecule has 0 amide bonds. The van der Waals surface area contributed by atoms with Gasteiger partial charge in [0, 0.05) is 19.4 Å². The molecule has 0 aliphatic carbocycles. The molecule has 0 bridgehead atoms. The molecule has 2 unspecified atom stereocenters. The molecule has 0 rings (SSSR count). The zero-order valence-corrected chi connectivity index (χ0v) is 64.3. The van der Waals surface area contributed by atoms with Crippen molar-refractivity contribution in [3.8, 4) is 0 Å². The zero-order valence-electron chi connectivity index (χ0n) is 63.4. The van der Waals surface area contributed by atoms with E-state index in [1.54, 1.807) is 0 Å². The summed E-state index contributed by atoms with van der Waals surface area (Å²) in [5.74, 6) is -0.825. The monoisotopic (exact) mass is 1390 g/mol. The fraction of sp³-hybridized carbons (Fsp3) is 0.640. The van der Waals surface area contributed by atoms with Crippen LogP contribution in [0.3, 0.4) is 0 Å². The quantitative estimate of drug-likeness (QED) is 0.0264. The van der Waals surface area contributed by atoms with Crippen LogP contribution in [0.1, 0.15) is 335 Å². The maximum absolute atomic E-state index is 12.8. The van der Waals surface area contributed by atoms with E-state index < -0.39 is 26.5 Å². The minimum absolute atomic E-state index is 0.0477. The van der Waals surface area contributed by atoms with Gasteiger partial charge in [0.15, 0.2) is 6.10 Å². The van der Waals surface area contributed by atoms with Crippen molar-refractivity contribution in [1.82, 2.24) is 0 Å². The Labute approximate surface area is 609 Å². The lowest BCUT2D eigenvalue weighted by Gasteiger charge is -2.19. The van der Waals surface area contributed by atoms with E-state index in [-0.39, 0.29) is 38.6 Å². The Bertz CT molecular complexity index is 2290. The molecule has 0 aromatic rings. The fourth-order valence-electron chi connectivity index (χ4n) is 10.9. The summed E-state index contributed by atoms with van der Waals surface area (Å²) in [6, 6.07) is 0. The molecule has 0 aliphatic rings. The molecule has 0 heterocycles. The van der Waals surface area contributed by atoms with E-state index in [0.717, 1.165) is 135 Å². The first kappa shape index (κ1) is 94.1. The number of unbranched alkanes of at least 4 members (excludes halogenated alkanes) is 31. The third-order valence-electron chi connectivity index (χ3n) is 16.8. The molecular formula is C89H148NO8P. The second kappa shape index (κ2) is 82.1. The van der Waals surface area contributed by atoms with Crippen molar-refractivity contribution in [1.29, 1.82) is 0 Å². The number of phosphoric acid groups is 1. The van der Waals surface area contributed by atoms with Gasteiger partial charge in [-0.1, -0.05) is 369 Å². The molecule has 9 nitrogen and oxygen atoms in total. The van der Waals surface area contributed by atoms with Crippen LogP contribution in [0.25, 0.3) is 0 Å². The van der Waals surface area contributed by atoms with Crippen LogP contribution in [0.5, 0.6) is 0 Å². The molecule has 0 saturated carbocycles. The number of phosphoric ester groups is 1. The van der Waals surface area contributed by atoms with E-state index in [4.69, 9.17) is 24.3 Å². The van der Waals surface area contributed by atoms with Crippen LogP contribution < -0.4 is 5.73 Å². The van der Waals surface area contributed by atoms with Gasteiger partial charge in [0.2, 0.25) is 0 Å². The summed E-state index contributed by atoms with van der Waals surface area (Å²) in [6.45, 7) is 3.53. The molecule has 3 N–H and O–H groups in total. The van der Waals surface area contributed by atoms with Gasteiger partial charge in [0.25, 0.3) is 0 Å². The van der Waals surface area contributed by atoms with Crippen molar-refractivity contribution in [2.24, 2.45) is 5.73 Å². The lowest BCUT2D eigenvalue weighted by Crippen LogP contribution is -2.29. The van der Waals surface area contributed by atoms with Crippen LogP contribution in [0.15, 0.2) is 182 Å². The fourth-order valence-corrected chi connectivity index (χ4v) is 11.7. The molecule has 10 heteroatoms. The third-order valence-corrected chi connectivity index (χ3v) is 17.8. The lowest BCUT2D eigenvalue weighted by molar-refractivity contribution is -0.161. The summed E-state index contributed by atoms with van der Waals surface area (Å²) in [5, 5.41) is 0. The topological polar surface area (TPSA) is 134 Å². The zero-order chi connectivity index (χ0) is 71.5. The van der Waals surface area contributed by atoms with Crippen molar-refractivity contribution in [3.05, 3.63) is 182 Å². The van der Waals surface area contributed by atoms with E-state index in [2.05, 4.69) is 196 Å². The first-order valence-corrected chi connectivity index (χ1v) is 41.8. The van der Waals surface area contributed by atoms with Gasteiger partial charge in [-0.2, -0.15) is 0 Å². The lowest BCUT2D eigenvalue weighted by atomic mass is 10.0. The molecule has 0 aromatic heterocycles. The summed E-state index contributed by atoms with van der Waals surface area (Å²) < 4.78 is 33.3. The maximum atomic E-state index is 12.8. The Balaban J connectivity index is 3.86. The summed E-state index contributed by atoms with van der Waals surface area (Å²) in [5.41, 5.74) is 5.42. The highest BCUT2D eigenvalue weighted by Gasteiger charge is 2.26. The van der Waals surface area contributed by atoms with Crippen LogP contribution in [0, 0.1) is 0 Å². The third kappa shape index (κ3) is 82.0. The first-order chi connectivity index (χ1) is 48.8. The SMILES string of the molecule is CC/C=C\C/C=C\C/C=C\C/C=C\C/C=C\C/C=C\C/C=C\C/C=C\CCCCCCCCCCCCCCCCC(=O)OC(COC(=O)CCCCCCCCCCCCCCCCCCC/C=C\C/C=C\C/C=C\C/C=C\C/C=C\C/C=C\C/C=C\CC)COP(=O)(O)OCCN. The highest BCUT2D eigenvalue weighted by Crippen LogP contribution is 2.43. The first-order valence-electron chi connectivity index (χ1n) is 40.3. The predicted molar refractivity (Wildman–Crippen MR) is 431 cm³/mol. The Hall–Kier alpha value is -4.89. The molecule has 2 atom stereocenters. The Morgan fingerprint density at radius 1 is 0.303 bits per heavy atom. The molecular weight excluding hydrogens is 1240 g/mol. The van der Waals surface area contributed by atoms with Gasteiger partial charge < -0.3 is 20.1 Å². The Kier molecular flexibility index (Phi) is 78.0. The van der Waals surface area contributed by atoms with Crippen molar-refractivity contribution >= 4 is 19.8 Å². The van der Waals surface area contributed by atoms with Crippen molar-refractivity contribution < 1.29 is 37.6 Å². The molecule has 99 heavy (non-hydrogen) atoms. The van der Waals surface area contributed by atoms with Gasteiger partial charge in [-0.25, -0.2) is 4.57 Å². The van der Waals surface area contributed by atoms with Crippen molar-refractivity contribution in [3.63, 3.8) is 0 Å². The Morgan fingerprint density at radius 3 is 0.778 bits per heavy atom. The van der Waals surface area contributed by atoms with Crippen LogP contribution in [-0.2, 0) is 32.7 Å². The average Bonchev–Trinajstić information content (AvgIpc) is 1.35. The number of ether oxygens (including phenoxy) is 2. The summed E-state index contributed by atoms with van der Waals surface area (Å²) in [6.07, 6.45) is 123. The van der Waals surface area contributed by atoms with Crippen molar-refractivity contribution in [2.75, 3.05) is 26.4 Å². The molecule has 0 spiro atoms. The number of carbonyl (C=O) groups is 2. The van der Waals surface area contributed by atoms with E-state index >= 15 is 0 Å².